The van der Waals surface area contributed by atoms with Gasteiger partial charge in [0.25, 0.3) is 0 Å². The molecule has 2 aromatic heterocycles. The Hall–Kier alpha value is -3.16. The van der Waals surface area contributed by atoms with Crippen LogP contribution in [0.1, 0.15) is 10.4 Å². The van der Waals surface area contributed by atoms with Gasteiger partial charge in [0.05, 0.1) is 13.3 Å². The first-order chi connectivity index (χ1) is 11.4. The molecule has 1 N–H and O–H groups in total. The summed E-state index contributed by atoms with van der Waals surface area (Å²) in [5.74, 6) is -1.01. The number of aromatic nitrogens is 3. The van der Waals surface area contributed by atoms with E-state index in [2.05, 4.69) is 10.1 Å². The summed E-state index contributed by atoms with van der Waals surface area (Å²) >= 11 is 0. The molecule has 0 unspecified atom stereocenters. The molecule has 8 heteroatoms. The highest BCUT2D eigenvalue weighted by molar-refractivity contribution is 5.94. The summed E-state index contributed by atoms with van der Waals surface area (Å²) in [6.45, 7) is 0. The van der Waals surface area contributed by atoms with E-state index in [1.807, 2.05) is 0 Å². The van der Waals surface area contributed by atoms with E-state index in [1.54, 1.807) is 38.4 Å². The van der Waals surface area contributed by atoms with Crippen molar-refractivity contribution in [2.24, 2.45) is 0 Å². The fourth-order valence-corrected chi connectivity index (χ4v) is 2.44. The van der Waals surface area contributed by atoms with Crippen LogP contribution in [-0.2, 0) is 0 Å². The highest BCUT2D eigenvalue weighted by atomic mass is 19.1. The zero-order valence-corrected chi connectivity index (χ0v) is 13.3. The predicted octanol–water partition coefficient (Wildman–Crippen LogP) is 2.31. The van der Waals surface area contributed by atoms with Crippen LogP contribution >= 0.6 is 0 Å². The van der Waals surface area contributed by atoms with Crippen LogP contribution in [0.5, 0.6) is 5.75 Å². The molecule has 0 atom stereocenters. The van der Waals surface area contributed by atoms with Crippen LogP contribution in [0.25, 0.3) is 16.9 Å². The predicted molar refractivity (Wildman–Crippen MR) is 86.2 cm³/mol. The Morgan fingerprint density at radius 1 is 1.29 bits per heavy atom. The summed E-state index contributed by atoms with van der Waals surface area (Å²) in [6, 6.07) is 6.70. The maximum atomic E-state index is 15.0. The molecule has 0 saturated carbocycles. The molecule has 0 fully saturated rings. The monoisotopic (exact) mass is 330 g/mol. The minimum Gasteiger partial charge on any atom is -0.497 e. The molecule has 24 heavy (non-hydrogen) atoms. The van der Waals surface area contributed by atoms with E-state index in [9.17, 15) is 14.3 Å². The molecule has 124 valence electrons. The van der Waals surface area contributed by atoms with Gasteiger partial charge in [-0.1, -0.05) is 0 Å². The second-order valence-electron chi connectivity index (χ2n) is 5.32. The fraction of sp³-hybridized carbons (Fsp3) is 0.188. The molecule has 0 amide bonds. The smallest absolute Gasteiger partial charge is 0.341 e. The maximum Gasteiger partial charge on any atom is 0.341 e. The van der Waals surface area contributed by atoms with Crippen molar-refractivity contribution >= 4 is 17.4 Å². The molecule has 0 spiro atoms. The zero-order chi connectivity index (χ0) is 17.4. The van der Waals surface area contributed by atoms with Crippen molar-refractivity contribution in [1.82, 2.24) is 14.6 Å². The number of carbonyl (C=O) groups is 1. The second kappa shape index (κ2) is 5.80. The SMILES string of the molecule is COc1ccc(-c2nc3c(C(=O)O)cnn3c(N(C)C)c2F)cc1. The first-order valence-corrected chi connectivity index (χ1v) is 7.06. The van der Waals surface area contributed by atoms with Gasteiger partial charge >= 0.3 is 5.97 Å². The topological polar surface area (TPSA) is 80.0 Å². The second-order valence-corrected chi connectivity index (χ2v) is 5.32. The zero-order valence-electron chi connectivity index (χ0n) is 13.3. The van der Waals surface area contributed by atoms with Gasteiger partial charge < -0.3 is 14.7 Å². The van der Waals surface area contributed by atoms with Crippen LogP contribution in [0.15, 0.2) is 30.5 Å². The van der Waals surface area contributed by atoms with Crippen LogP contribution in [-0.4, -0.2) is 46.9 Å². The standard InChI is InChI=1S/C16H15FN4O3/c1-20(2)15-12(17)13(9-4-6-10(24-3)7-5-9)19-14-11(16(22)23)8-18-21(14)15/h4-8H,1-3H3,(H,22,23). The van der Waals surface area contributed by atoms with Crippen LogP contribution < -0.4 is 9.64 Å². The number of aromatic carboxylic acids is 1. The van der Waals surface area contributed by atoms with E-state index in [4.69, 9.17) is 4.74 Å². The third kappa shape index (κ3) is 2.41. The van der Waals surface area contributed by atoms with Crippen molar-refractivity contribution < 1.29 is 19.0 Å². The highest BCUT2D eigenvalue weighted by Gasteiger charge is 2.23. The number of ether oxygens (including phenoxy) is 1. The Balaban J connectivity index is 2.32. The molecule has 0 aliphatic rings. The van der Waals surface area contributed by atoms with Crippen molar-refractivity contribution in [2.45, 2.75) is 0 Å². The molecule has 0 aliphatic carbocycles. The van der Waals surface area contributed by atoms with Crippen molar-refractivity contribution in [3.8, 4) is 17.0 Å². The van der Waals surface area contributed by atoms with Crippen LogP contribution in [0.3, 0.4) is 0 Å². The maximum absolute atomic E-state index is 15.0. The van der Waals surface area contributed by atoms with Gasteiger partial charge in [-0.2, -0.15) is 9.61 Å². The third-order valence-electron chi connectivity index (χ3n) is 3.58. The van der Waals surface area contributed by atoms with Gasteiger partial charge in [0, 0.05) is 19.7 Å². The van der Waals surface area contributed by atoms with Crippen LogP contribution in [0, 0.1) is 5.82 Å². The highest BCUT2D eigenvalue weighted by Crippen LogP contribution is 2.30. The number of methoxy groups -OCH3 is 1. The number of carboxylic acids is 1. The van der Waals surface area contributed by atoms with E-state index < -0.39 is 11.8 Å². The average molecular weight is 330 g/mol. The third-order valence-corrected chi connectivity index (χ3v) is 3.58. The number of anilines is 1. The van der Waals surface area contributed by atoms with Gasteiger partial charge in [0.1, 0.15) is 17.0 Å². The average Bonchev–Trinajstić information content (AvgIpc) is 2.97. The minimum atomic E-state index is -1.17. The van der Waals surface area contributed by atoms with Crippen LogP contribution in [0.4, 0.5) is 10.2 Å². The lowest BCUT2D eigenvalue weighted by atomic mass is 10.1. The molecule has 0 bridgehead atoms. The van der Waals surface area contributed by atoms with Gasteiger partial charge in [-0.15, -0.1) is 0 Å². The summed E-state index contributed by atoms with van der Waals surface area (Å²) in [5.41, 5.74) is 0.555. The quantitative estimate of drug-likeness (QED) is 0.791. The van der Waals surface area contributed by atoms with Crippen molar-refractivity contribution in [3.63, 3.8) is 0 Å². The van der Waals surface area contributed by atoms with E-state index in [-0.39, 0.29) is 22.7 Å². The van der Waals surface area contributed by atoms with Crippen molar-refractivity contribution in [2.75, 3.05) is 26.1 Å². The van der Waals surface area contributed by atoms with Gasteiger partial charge in [-0.3, -0.25) is 0 Å². The first-order valence-electron chi connectivity index (χ1n) is 7.06. The molecule has 0 saturated heterocycles. The Morgan fingerprint density at radius 2 is 1.96 bits per heavy atom. The number of halogens is 1. The lowest BCUT2D eigenvalue weighted by Gasteiger charge is -2.17. The molecule has 3 rings (SSSR count). The molecule has 7 nitrogen and oxygen atoms in total. The van der Waals surface area contributed by atoms with Gasteiger partial charge in [0.15, 0.2) is 17.3 Å². The fourth-order valence-electron chi connectivity index (χ4n) is 2.44. The summed E-state index contributed by atoms with van der Waals surface area (Å²) in [4.78, 5) is 17.1. The molecule has 1 aromatic carbocycles. The number of hydrogen-bond acceptors (Lipinski definition) is 5. The number of nitrogens with zero attached hydrogens (tertiary/aromatic N) is 4. The normalized spacial score (nSPS) is 10.8. The van der Waals surface area contributed by atoms with E-state index in [1.165, 1.54) is 16.5 Å². The summed E-state index contributed by atoms with van der Waals surface area (Å²) in [6.07, 6.45) is 1.16. The van der Waals surface area contributed by atoms with E-state index in [0.717, 1.165) is 6.20 Å². The number of rotatable bonds is 4. The Kier molecular flexibility index (Phi) is 3.80. The summed E-state index contributed by atoms with van der Waals surface area (Å²) in [7, 11) is 4.84. The number of benzene rings is 1. The van der Waals surface area contributed by atoms with E-state index in [0.29, 0.717) is 11.3 Å². The number of fused-ring (bicyclic) bond motifs is 1. The van der Waals surface area contributed by atoms with Gasteiger partial charge in [-0.25, -0.2) is 14.2 Å². The molecular formula is C16H15FN4O3. The molecular weight excluding hydrogens is 315 g/mol. The number of carboxylic acid groups (broad SMARTS) is 1. The van der Waals surface area contributed by atoms with Gasteiger partial charge in [0.2, 0.25) is 0 Å². The Morgan fingerprint density at radius 3 is 2.50 bits per heavy atom. The van der Waals surface area contributed by atoms with Crippen LogP contribution in [0.2, 0.25) is 0 Å². The lowest BCUT2D eigenvalue weighted by molar-refractivity contribution is 0.0698. The molecule has 2 heterocycles. The Bertz CT molecular complexity index is 919. The van der Waals surface area contributed by atoms with Crippen molar-refractivity contribution in [3.05, 3.63) is 41.8 Å². The minimum absolute atomic E-state index is 0.0526. The lowest BCUT2D eigenvalue weighted by Crippen LogP contribution is -2.17. The number of hydrogen-bond donors (Lipinski definition) is 1. The summed E-state index contributed by atoms with van der Waals surface area (Å²) < 4.78 is 21.3. The molecule has 3 aromatic rings. The van der Waals surface area contributed by atoms with Gasteiger partial charge in [-0.05, 0) is 24.3 Å². The van der Waals surface area contributed by atoms with E-state index >= 15 is 0 Å². The Labute approximate surface area is 136 Å². The molecule has 0 radical (unpaired) electrons. The molecule has 0 aliphatic heterocycles. The first kappa shape index (κ1) is 15.7. The summed E-state index contributed by atoms with van der Waals surface area (Å²) in [5, 5.41) is 13.2. The largest absolute Gasteiger partial charge is 0.497 e. The van der Waals surface area contributed by atoms with Crippen molar-refractivity contribution in [1.29, 1.82) is 0 Å².